The average Bonchev–Trinajstić information content (AvgIpc) is 2.77. The summed E-state index contributed by atoms with van der Waals surface area (Å²) in [6.07, 6.45) is -5.26. The molecular weight excluding hydrogens is 341 g/mol. The first kappa shape index (κ1) is 18.6. The Morgan fingerprint density at radius 3 is 2.36 bits per heavy atom. The first-order valence-corrected chi connectivity index (χ1v) is 7.18. The fourth-order valence-electron chi connectivity index (χ4n) is 2.77. The molecule has 0 saturated carbocycles. The van der Waals surface area contributed by atoms with E-state index in [4.69, 9.17) is 0 Å². The molecular formula is C16H15F3N2O4. The lowest BCUT2D eigenvalue weighted by atomic mass is 9.81. The fourth-order valence-corrected chi connectivity index (χ4v) is 2.77. The number of methoxy groups -OCH3 is 1. The molecule has 1 heterocycles. The molecule has 1 aromatic carbocycles. The summed E-state index contributed by atoms with van der Waals surface area (Å²) in [5, 5.41) is 1.71. The zero-order valence-corrected chi connectivity index (χ0v) is 13.6. The number of hydrogen-bond donors (Lipinski definition) is 1. The minimum absolute atomic E-state index is 0.0490. The highest BCUT2D eigenvalue weighted by atomic mass is 19.4. The Hall–Kier alpha value is -2.71. The van der Waals surface area contributed by atoms with E-state index in [2.05, 4.69) is 9.73 Å². The van der Waals surface area contributed by atoms with Gasteiger partial charge >= 0.3 is 12.1 Å². The second-order valence-corrected chi connectivity index (χ2v) is 5.59. The maximum absolute atomic E-state index is 13.8. The molecule has 0 bridgehead atoms. The number of benzene rings is 1. The number of nitrogens with one attached hydrogen (secondary N) is 1. The van der Waals surface area contributed by atoms with Crippen molar-refractivity contribution in [2.75, 3.05) is 7.11 Å². The van der Waals surface area contributed by atoms with Gasteiger partial charge in [-0.1, -0.05) is 18.2 Å². The largest absolute Gasteiger partial charge is 0.468 e. The van der Waals surface area contributed by atoms with Crippen LogP contribution in [0.1, 0.15) is 22.8 Å². The van der Waals surface area contributed by atoms with Gasteiger partial charge in [-0.25, -0.2) is 4.99 Å². The molecule has 1 aromatic rings. The Morgan fingerprint density at radius 1 is 1.24 bits per heavy atom. The molecule has 0 saturated heterocycles. The van der Waals surface area contributed by atoms with Crippen molar-refractivity contribution >= 4 is 23.5 Å². The molecule has 134 valence electrons. The Balaban J connectivity index is 2.56. The lowest BCUT2D eigenvalue weighted by Gasteiger charge is -2.34. The number of ether oxygens (including phenoxy) is 1. The molecule has 0 radical (unpaired) electrons. The minimum atomic E-state index is -5.26. The molecule has 1 aliphatic rings. The first-order valence-electron chi connectivity index (χ1n) is 7.18. The highest BCUT2D eigenvalue weighted by molar-refractivity contribution is 6.19. The van der Waals surface area contributed by atoms with Crippen molar-refractivity contribution in [3.63, 3.8) is 0 Å². The van der Waals surface area contributed by atoms with E-state index in [-0.39, 0.29) is 11.3 Å². The number of esters is 1. The summed E-state index contributed by atoms with van der Waals surface area (Å²) in [5.41, 5.74) is -3.51. The van der Waals surface area contributed by atoms with Crippen LogP contribution in [0.25, 0.3) is 0 Å². The van der Waals surface area contributed by atoms with Crippen molar-refractivity contribution in [2.24, 2.45) is 10.9 Å². The second kappa shape index (κ2) is 6.30. The van der Waals surface area contributed by atoms with Gasteiger partial charge in [0, 0.05) is 11.3 Å². The van der Waals surface area contributed by atoms with Crippen LogP contribution in [0.4, 0.5) is 13.2 Å². The molecule has 2 rings (SSSR count). The van der Waals surface area contributed by atoms with Crippen LogP contribution in [0.2, 0.25) is 0 Å². The van der Waals surface area contributed by atoms with Gasteiger partial charge in [0.25, 0.3) is 11.8 Å². The maximum Gasteiger partial charge on any atom is 0.422 e. The number of halogens is 3. The lowest BCUT2D eigenvalue weighted by molar-refractivity contribution is -0.205. The Bertz CT molecular complexity index is 773. The van der Waals surface area contributed by atoms with Crippen LogP contribution in [-0.2, 0) is 14.3 Å². The summed E-state index contributed by atoms with van der Waals surface area (Å²) in [6.45, 7) is 2.64. The van der Waals surface area contributed by atoms with Crippen LogP contribution >= 0.6 is 0 Å². The monoisotopic (exact) mass is 356 g/mol. The van der Waals surface area contributed by atoms with Crippen molar-refractivity contribution in [3.8, 4) is 0 Å². The smallest absolute Gasteiger partial charge is 0.422 e. The van der Waals surface area contributed by atoms with E-state index in [0.29, 0.717) is 5.56 Å². The van der Waals surface area contributed by atoms with Crippen molar-refractivity contribution < 1.29 is 32.3 Å². The van der Waals surface area contributed by atoms with Crippen molar-refractivity contribution in [1.29, 1.82) is 0 Å². The number of rotatable bonds is 3. The minimum Gasteiger partial charge on any atom is -0.468 e. The number of carbonyl (C=O) groups excluding carboxylic acids is 3. The van der Waals surface area contributed by atoms with E-state index >= 15 is 0 Å². The van der Waals surface area contributed by atoms with Crippen LogP contribution in [-0.4, -0.2) is 42.3 Å². The quantitative estimate of drug-likeness (QED) is 0.837. The molecule has 6 nitrogen and oxygen atoms in total. The van der Waals surface area contributed by atoms with Gasteiger partial charge in [0.15, 0.2) is 0 Å². The van der Waals surface area contributed by atoms with E-state index in [1.54, 1.807) is 11.4 Å². The van der Waals surface area contributed by atoms with Gasteiger partial charge in [-0.3, -0.25) is 14.4 Å². The molecule has 1 aliphatic heterocycles. The second-order valence-electron chi connectivity index (χ2n) is 5.59. The van der Waals surface area contributed by atoms with Gasteiger partial charge in [0.1, 0.15) is 5.92 Å². The van der Waals surface area contributed by atoms with Gasteiger partial charge < -0.3 is 10.1 Å². The zero-order chi connectivity index (χ0) is 19.0. The molecule has 2 amide bonds. The van der Waals surface area contributed by atoms with Gasteiger partial charge in [0.2, 0.25) is 5.54 Å². The van der Waals surface area contributed by atoms with Crippen molar-refractivity contribution in [2.45, 2.75) is 25.6 Å². The van der Waals surface area contributed by atoms with Crippen LogP contribution in [0.5, 0.6) is 0 Å². The molecule has 2 unspecified atom stereocenters. The number of carbonyl (C=O) groups is 3. The highest BCUT2D eigenvalue weighted by Gasteiger charge is 2.71. The van der Waals surface area contributed by atoms with E-state index in [1.165, 1.54) is 25.1 Å². The van der Waals surface area contributed by atoms with E-state index in [1.807, 2.05) is 0 Å². The zero-order valence-electron chi connectivity index (χ0n) is 13.6. The third-order valence-electron chi connectivity index (χ3n) is 4.05. The maximum atomic E-state index is 13.8. The molecule has 0 fully saturated rings. The van der Waals surface area contributed by atoms with Crippen molar-refractivity contribution in [3.05, 3.63) is 35.4 Å². The summed E-state index contributed by atoms with van der Waals surface area (Å²) in [7, 11) is 0.892. The number of alkyl halides is 3. The third kappa shape index (κ3) is 2.90. The Morgan fingerprint density at radius 2 is 1.84 bits per heavy atom. The SMILES string of the molecule is COC(=O)C1C(C)=NC(=O)C1(NC(=O)c1ccccc1C)C(F)(F)F. The summed E-state index contributed by atoms with van der Waals surface area (Å²) in [6, 6.07) is 5.93. The van der Waals surface area contributed by atoms with Crippen LogP contribution in [0.15, 0.2) is 29.3 Å². The predicted octanol–water partition coefficient (Wildman–Crippen LogP) is 1.82. The van der Waals surface area contributed by atoms with Gasteiger partial charge in [0.05, 0.1) is 7.11 Å². The Labute approximate surface area is 141 Å². The van der Waals surface area contributed by atoms with Crippen LogP contribution in [0.3, 0.4) is 0 Å². The van der Waals surface area contributed by atoms with Crippen LogP contribution in [0, 0.1) is 12.8 Å². The molecule has 1 N–H and O–H groups in total. The molecule has 0 aromatic heterocycles. The van der Waals surface area contributed by atoms with E-state index in [0.717, 1.165) is 14.0 Å². The van der Waals surface area contributed by atoms with Crippen molar-refractivity contribution in [1.82, 2.24) is 5.32 Å². The van der Waals surface area contributed by atoms with Crippen LogP contribution < -0.4 is 5.32 Å². The first-order chi connectivity index (χ1) is 11.6. The number of nitrogens with zero attached hydrogens (tertiary/aromatic N) is 1. The van der Waals surface area contributed by atoms with E-state index in [9.17, 15) is 27.6 Å². The van der Waals surface area contributed by atoms with E-state index < -0.39 is 35.4 Å². The highest BCUT2D eigenvalue weighted by Crippen LogP contribution is 2.42. The molecule has 0 aliphatic carbocycles. The van der Waals surface area contributed by atoms with Gasteiger partial charge in [-0.05, 0) is 25.5 Å². The standard InChI is InChI=1S/C16H15F3N2O4/c1-8-6-4-5-7-10(8)12(22)21-15(16(17,18)19)11(13(23)25-3)9(2)20-14(15)24/h4-7,11H,1-3H3,(H,21,22). The number of aryl methyl sites for hydroxylation is 1. The van der Waals surface area contributed by atoms with Gasteiger partial charge in [-0.15, -0.1) is 0 Å². The predicted molar refractivity (Wildman–Crippen MR) is 81.1 cm³/mol. The summed E-state index contributed by atoms with van der Waals surface area (Å²) in [5.74, 6) is -6.19. The molecule has 2 atom stereocenters. The number of hydrogen-bond acceptors (Lipinski definition) is 4. The molecule has 9 heteroatoms. The topological polar surface area (TPSA) is 84.8 Å². The number of amides is 2. The fraction of sp³-hybridized carbons (Fsp3) is 0.375. The summed E-state index contributed by atoms with van der Waals surface area (Å²) >= 11 is 0. The van der Waals surface area contributed by atoms with Gasteiger partial charge in [-0.2, -0.15) is 13.2 Å². The lowest BCUT2D eigenvalue weighted by Crippen LogP contribution is -2.68. The summed E-state index contributed by atoms with van der Waals surface area (Å²) in [4.78, 5) is 39.7. The molecule has 25 heavy (non-hydrogen) atoms. The average molecular weight is 356 g/mol. The third-order valence-corrected chi connectivity index (χ3v) is 4.05. The summed E-state index contributed by atoms with van der Waals surface area (Å²) < 4.78 is 45.9. The normalized spacial score (nSPS) is 23.2. The molecule has 0 spiro atoms. The number of aliphatic imine (C=N–C) groups is 1. The Kier molecular flexibility index (Phi) is 4.70.